The van der Waals surface area contributed by atoms with Crippen LogP contribution in [0.3, 0.4) is 0 Å². The van der Waals surface area contributed by atoms with Crippen molar-refractivity contribution in [3.63, 3.8) is 0 Å². The van der Waals surface area contributed by atoms with Crippen molar-refractivity contribution in [3.8, 4) is 22.1 Å². The van der Waals surface area contributed by atoms with Gasteiger partial charge in [-0.3, -0.25) is 4.90 Å². The fourth-order valence-electron chi connectivity index (χ4n) is 2.09. The molecule has 2 aromatic rings. The molecule has 0 aliphatic carbocycles. The zero-order chi connectivity index (χ0) is 14.8. The van der Waals surface area contributed by atoms with Gasteiger partial charge in [-0.05, 0) is 32.2 Å². The summed E-state index contributed by atoms with van der Waals surface area (Å²) in [5.74, 6) is 1.56. The lowest BCUT2D eigenvalue weighted by Gasteiger charge is -2.21. The van der Waals surface area contributed by atoms with Gasteiger partial charge in [0, 0.05) is 23.5 Å². The number of likely N-dealkylation sites (N-methyl/N-ethyl adjacent to an activating group) is 1. The Bertz CT molecular complexity index is 629. The van der Waals surface area contributed by atoms with E-state index in [-0.39, 0.29) is 19.4 Å². The number of thiazole rings is 1. The second kappa shape index (κ2) is 6.01. The lowest BCUT2D eigenvalue weighted by molar-refractivity contribution is 0.153. The van der Waals surface area contributed by atoms with Gasteiger partial charge in [-0.2, -0.15) is 0 Å². The Morgan fingerprint density at radius 1 is 1.38 bits per heavy atom. The smallest absolute Gasteiger partial charge is 0.231 e. The van der Waals surface area contributed by atoms with E-state index in [2.05, 4.69) is 15.3 Å². The molecule has 1 aromatic carbocycles. The number of hydrogen-bond donors (Lipinski definition) is 1. The molecule has 1 N–H and O–H groups in total. The van der Waals surface area contributed by atoms with Crippen molar-refractivity contribution in [2.24, 2.45) is 0 Å². The molecule has 0 bridgehead atoms. The van der Waals surface area contributed by atoms with Gasteiger partial charge in [0.1, 0.15) is 5.01 Å². The molecule has 0 spiro atoms. The Labute approximate surface area is 127 Å². The average Bonchev–Trinajstić information content (AvgIpc) is 3.14. The number of aliphatic hydroxyl groups excluding tert-OH is 1. The van der Waals surface area contributed by atoms with E-state index >= 15 is 0 Å². The molecule has 112 valence electrons. The molecule has 0 saturated carbocycles. The van der Waals surface area contributed by atoms with Crippen LogP contribution in [0.2, 0.25) is 0 Å². The molecule has 21 heavy (non-hydrogen) atoms. The van der Waals surface area contributed by atoms with Crippen molar-refractivity contribution in [2.75, 3.05) is 20.4 Å². The standard InChI is InChI=1S/C15H18N2O3S/c1-10(7-18)17(2)6-12-8-21-15(16-12)11-3-4-13-14(5-11)20-9-19-13/h3-5,8,10,18H,6-7,9H2,1-2H3. The second-order valence-electron chi connectivity index (χ2n) is 5.16. The minimum Gasteiger partial charge on any atom is -0.454 e. The maximum atomic E-state index is 9.17. The van der Waals surface area contributed by atoms with Crippen LogP contribution < -0.4 is 9.47 Å². The third kappa shape index (κ3) is 3.02. The van der Waals surface area contributed by atoms with Crippen LogP contribution in [0.15, 0.2) is 23.6 Å². The van der Waals surface area contributed by atoms with Gasteiger partial charge in [-0.1, -0.05) is 0 Å². The van der Waals surface area contributed by atoms with Gasteiger partial charge < -0.3 is 14.6 Å². The van der Waals surface area contributed by atoms with E-state index in [9.17, 15) is 5.11 Å². The van der Waals surface area contributed by atoms with Crippen molar-refractivity contribution in [1.82, 2.24) is 9.88 Å². The van der Waals surface area contributed by atoms with Crippen LogP contribution in [0.25, 0.3) is 10.6 Å². The molecule has 1 atom stereocenters. The van der Waals surface area contributed by atoms with Gasteiger partial charge in [-0.25, -0.2) is 4.98 Å². The topological polar surface area (TPSA) is 54.8 Å². The number of aliphatic hydroxyl groups is 1. The predicted octanol–water partition coefficient (Wildman–Crippen LogP) is 2.35. The number of nitrogens with zero attached hydrogens (tertiary/aromatic N) is 2. The fourth-order valence-corrected chi connectivity index (χ4v) is 2.90. The van der Waals surface area contributed by atoms with Crippen LogP contribution in [-0.4, -0.2) is 41.5 Å². The predicted molar refractivity (Wildman–Crippen MR) is 81.7 cm³/mol. The first-order valence-electron chi connectivity index (χ1n) is 6.83. The van der Waals surface area contributed by atoms with Crippen molar-refractivity contribution < 1.29 is 14.6 Å². The number of benzene rings is 1. The van der Waals surface area contributed by atoms with Gasteiger partial charge in [0.25, 0.3) is 0 Å². The second-order valence-corrected chi connectivity index (χ2v) is 6.02. The third-order valence-electron chi connectivity index (χ3n) is 3.60. The van der Waals surface area contributed by atoms with Crippen LogP contribution in [0, 0.1) is 0 Å². The number of rotatable bonds is 5. The Balaban J connectivity index is 1.76. The maximum Gasteiger partial charge on any atom is 0.231 e. The number of hydrogen-bond acceptors (Lipinski definition) is 6. The SMILES string of the molecule is CC(CO)N(C)Cc1csc(-c2ccc3c(c2)OCO3)n1. The van der Waals surface area contributed by atoms with Crippen molar-refractivity contribution in [1.29, 1.82) is 0 Å². The average molecular weight is 306 g/mol. The zero-order valence-corrected chi connectivity index (χ0v) is 12.9. The lowest BCUT2D eigenvalue weighted by atomic mass is 10.2. The number of aromatic nitrogens is 1. The van der Waals surface area contributed by atoms with E-state index in [0.717, 1.165) is 34.3 Å². The summed E-state index contributed by atoms with van der Waals surface area (Å²) in [6.45, 7) is 3.15. The van der Waals surface area contributed by atoms with E-state index in [1.165, 1.54) is 0 Å². The molecule has 0 saturated heterocycles. The molecule has 0 amide bonds. The highest BCUT2D eigenvalue weighted by molar-refractivity contribution is 7.13. The number of ether oxygens (including phenoxy) is 2. The Kier molecular flexibility index (Phi) is 4.10. The summed E-state index contributed by atoms with van der Waals surface area (Å²) in [4.78, 5) is 6.74. The summed E-state index contributed by atoms with van der Waals surface area (Å²) in [5.41, 5.74) is 2.05. The molecular weight excluding hydrogens is 288 g/mol. The minimum absolute atomic E-state index is 0.126. The first-order chi connectivity index (χ1) is 10.2. The molecule has 1 aromatic heterocycles. The quantitative estimate of drug-likeness (QED) is 0.919. The summed E-state index contributed by atoms with van der Waals surface area (Å²) >= 11 is 1.61. The van der Waals surface area contributed by atoms with Crippen LogP contribution >= 0.6 is 11.3 Å². The molecule has 6 heteroatoms. The molecular formula is C15H18N2O3S. The largest absolute Gasteiger partial charge is 0.454 e. The number of fused-ring (bicyclic) bond motifs is 1. The van der Waals surface area contributed by atoms with Gasteiger partial charge in [0.15, 0.2) is 11.5 Å². The Morgan fingerprint density at radius 3 is 3.00 bits per heavy atom. The highest BCUT2D eigenvalue weighted by atomic mass is 32.1. The zero-order valence-electron chi connectivity index (χ0n) is 12.1. The summed E-state index contributed by atoms with van der Waals surface area (Å²) in [5, 5.41) is 12.2. The molecule has 0 fully saturated rings. The Hall–Kier alpha value is -1.63. The third-order valence-corrected chi connectivity index (χ3v) is 4.54. The highest BCUT2D eigenvalue weighted by Crippen LogP contribution is 2.36. The molecule has 1 aliphatic rings. The van der Waals surface area contributed by atoms with Gasteiger partial charge in [-0.15, -0.1) is 11.3 Å². The summed E-state index contributed by atoms with van der Waals surface area (Å²) in [6, 6.07) is 6.00. The first kappa shape index (κ1) is 14.3. The van der Waals surface area contributed by atoms with Crippen LogP contribution in [0.4, 0.5) is 0 Å². The van der Waals surface area contributed by atoms with Crippen LogP contribution in [0.1, 0.15) is 12.6 Å². The van der Waals surface area contributed by atoms with Gasteiger partial charge in [0.2, 0.25) is 6.79 Å². The van der Waals surface area contributed by atoms with Crippen molar-refractivity contribution >= 4 is 11.3 Å². The molecule has 1 unspecified atom stereocenters. The van der Waals surface area contributed by atoms with Gasteiger partial charge >= 0.3 is 0 Å². The Morgan fingerprint density at radius 2 is 2.19 bits per heavy atom. The highest BCUT2D eigenvalue weighted by Gasteiger charge is 2.16. The van der Waals surface area contributed by atoms with E-state index < -0.39 is 0 Å². The van der Waals surface area contributed by atoms with E-state index in [4.69, 9.17) is 9.47 Å². The van der Waals surface area contributed by atoms with Crippen molar-refractivity contribution in [2.45, 2.75) is 19.5 Å². The van der Waals surface area contributed by atoms with Crippen LogP contribution in [0.5, 0.6) is 11.5 Å². The minimum atomic E-state index is 0.126. The summed E-state index contributed by atoms with van der Waals surface area (Å²) < 4.78 is 10.7. The monoisotopic (exact) mass is 306 g/mol. The molecule has 0 radical (unpaired) electrons. The lowest BCUT2D eigenvalue weighted by Crippen LogP contribution is -2.31. The van der Waals surface area contributed by atoms with Gasteiger partial charge in [0.05, 0.1) is 12.3 Å². The summed E-state index contributed by atoms with van der Waals surface area (Å²) in [6.07, 6.45) is 0. The van der Waals surface area contributed by atoms with E-state index in [1.54, 1.807) is 11.3 Å². The molecule has 3 rings (SSSR count). The van der Waals surface area contributed by atoms with Crippen LogP contribution in [-0.2, 0) is 6.54 Å². The van der Waals surface area contributed by atoms with E-state index in [0.29, 0.717) is 0 Å². The normalized spacial score (nSPS) is 14.7. The maximum absolute atomic E-state index is 9.17. The molecule has 1 aliphatic heterocycles. The molecule has 5 nitrogen and oxygen atoms in total. The molecule has 2 heterocycles. The first-order valence-corrected chi connectivity index (χ1v) is 7.71. The fraction of sp³-hybridized carbons (Fsp3) is 0.400. The van der Waals surface area contributed by atoms with Crippen molar-refractivity contribution in [3.05, 3.63) is 29.3 Å². The van der Waals surface area contributed by atoms with E-state index in [1.807, 2.05) is 32.2 Å². The summed E-state index contributed by atoms with van der Waals surface area (Å²) in [7, 11) is 1.99.